The van der Waals surface area contributed by atoms with Gasteiger partial charge in [0, 0.05) is 32.3 Å². The van der Waals surface area contributed by atoms with Gasteiger partial charge in [0.05, 0.1) is 0 Å². The van der Waals surface area contributed by atoms with Crippen LogP contribution in [0.2, 0.25) is 0 Å². The highest BCUT2D eigenvalue weighted by molar-refractivity contribution is 5.30. The highest BCUT2D eigenvalue weighted by atomic mass is 16.5. The van der Waals surface area contributed by atoms with Gasteiger partial charge in [-0.1, -0.05) is 6.92 Å². The molecule has 2 N–H and O–H groups in total. The minimum atomic E-state index is 0.0894. The molecule has 0 radical (unpaired) electrons. The minimum absolute atomic E-state index is 0.0894. The van der Waals surface area contributed by atoms with Crippen molar-refractivity contribution in [2.45, 2.75) is 32.4 Å². The van der Waals surface area contributed by atoms with E-state index < -0.39 is 0 Å². The first-order chi connectivity index (χ1) is 8.74. The van der Waals surface area contributed by atoms with Gasteiger partial charge in [0.1, 0.15) is 6.10 Å². The summed E-state index contributed by atoms with van der Waals surface area (Å²) in [4.78, 5) is 6.83. The molecule has 0 saturated carbocycles. The Morgan fingerprint density at radius 1 is 1.39 bits per heavy atom. The van der Waals surface area contributed by atoms with Crippen molar-refractivity contribution >= 4 is 5.95 Å². The van der Waals surface area contributed by atoms with Crippen molar-refractivity contribution in [3.8, 4) is 0 Å². The maximum atomic E-state index is 5.71. The molecule has 100 valence electrons. The van der Waals surface area contributed by atoms with Crippen LogP contribution in [0.5, 0.6) is 0 Å². The number of anilines is 1. The van der Waals surface area contributed by atoms with Crippen molar-refractivity contribution in [3.05, 3.63) is 5.82 Å². The van der Waals surface area contributed by atoms with Crippen LogP contribution >= 0.6 is 0 Å². The number of H-pyrrole nitrogens is 1. The van der Waals surface area contributed by atoms with Crippen LogP contribution in [0.4, 0.5) is 5.95 Å². The van der Waals surface area contributed by atoms with Crippen molar-refractivity contribution < 1.29 is 4.74 Å². The standard InChI is InChI=1S/C12H21N5O/c1-8-3-6-18-10(8)11-14-12(16-15-11)17-5-4-13-9(2)7-17/h8-10,13H,3-7H2,1-2H3,(H,14,15,16). The van der Waals surface area contributed by atoms with Gasteiger partial charge in [-0.3, -0.25) is 5.10 Å². The molecule has 1 aromatic heterocycles. The van der Waals surface area contributed by atoms with E-state index in [0.717, 1.165) is 44.4 Å². The average molecular weight is 251 g/mol. The van der Waals surface area contributed by atoms with Crippen LogP contribution in [-0.4, -0.2) is 47.5 Å². The molecular weight excluding hydrogens is 230 g/mol. The quantitative estimate of drug-likeness (QED) is 0.810. The van der Waals surface area contributed by atoms with Gasteiger partial charge in [-0.15, -0.1) is 5.10 Å². The maximum absolute atomic E-state index is 5.71. The van der Waals surface area contributed by atoms with E-state index in [2.05, 4.69) is 39.2 Å². The summed E-state index contributed by atoms with van der Waals surface area (Å²) in [6, 6.07) is 0.488. The first-order valence-corrected chi connectivity index (χ1v) is 6.76. The molecule has 2 aliphatic heterocycles. The number of aromatic nitrogens is 3. The van der Waals surface area contributed by atoms with E-state index in [1.807, 2.05) is 0 Å². The number of hydrogen-bond acceptors (Lipinski definition) is 5. The number of nitrogens with zero attached hydrogens (tertiary/aromatic N) is 3. The predicted molar refractivity (Wildman–Crippen MR) is 68.5 cm³/mol. The highest BCUT2D eigenvalue weighted by Crippen LogP contribution is 2.32. The monoisotopic (exact) mass is 251 g/mol. The molecule has 0 aliphatic carbocycles. The number of ether oxygens (including phenoxy) is 1. The Labute approximate surface area is 107 Å². The molecule has 3 atom stereocenters. The molecule has 1 aromatic rings. The Bertz CT molecular complexity index is 407. The predicted octanol–water partition coefficient (Wildman–Crippen LogP) is 0.700. The molecule has 3 unspecified atom stereocenters. The third-order valence-electron chi connectivity index (χ3n) is 3.80. The zero-order chi connectivity index (χ0) is 12.5. The molecule has 2 fully saturated rings. The Morgan fingerprint density at radius 2 is 2.28 bits per heavy atom. The fraction of sp³-hybridized carbons (Fsp3) is 0.833. The van der Waals surface area contributed by atoms with Crippen LogP contribution in [0.3, 0.4) is 0 Å². The Balaban J connectivity index is 1.72. The summed E-state index contributed by atoms with van der Waals surface area (Å²) >= 11 is 0. The van der Waals surface area contributed by atoms with E-state index in [-0.39, 0.29) is 6.10 Å². The molecule has 0 amide bonds. The second-order valence-corrected chi connectivity index (χ2v) is 5.38. The zero-order valence-electron chi connectivity index (χ0n) is 11.0. The molecule has 3 heterocycles. The van der Waals surface area contributed by atoms with Crippen LogP contribution in [0.15, 0.2) is 0 Å². The Hall–Kier alpha value is -1.14. The summed E-state index contributed by atoms with van der Waals surface area (Å²) in [5.41, 5.74) is 0. The molecule has 6 heteroatoms. The summed E-state index contributed by atoms with van der Waals surface area (Å²) in [6.07, 6.45) is 1.19. The fourth-order valence-corrected chi connectivity index (χ4v) is 2.69. The van der Waals surface area contributed by atoms with E-state index in [1.165, 1.54) is 0 Å². The molecule has 6 nitrogen and oxygen atoms in total. The number of rotatable bonds is 2. The summed E-state index contributed by atoms with van der Waals surface area (Å²) in [7, 11) is 0. The second kappa shape index (κ2) is 4.85. The lowest BCUT2D eigenvalue weighted by atomic mass is 10.0. The molecule has 0 aromatic carbocycles. The summed E-state index contributed by atoms with van der Waals surface area (Å²) < 4.78 is 5.71. The topological polar surface area (TPSA) is 66.1 Å². The molecular formula is C12H21N5O. The fourth-order valence-electron chi connectivity index (χ4n) is 2.69. The van der Waals surface area contributed by atoms with Crippen LogP contribution in [-0.2, 0) is 4.74 Å². The lowest BCUT2D eigenvalue weighted by molar-refractivity contribution is 0.0876. The van der Waals surface area contributed by atoms with Crippen LogP contribution in [0.1, 0.15) is 32.2 Å². The van der Waals surface area contributed by atoms with Gasteiger partial charge in [-0.05, 0) is 19.3 Å². The molecule has 2 saturated heterocycles. The first kappa shape index (κ1) is 11.9. The van der Waals surface area contributed by atoms with Crippen molar-refractivity contribution in [1.29, 1.82) is 0 Å². The van der Waals surface area contributed by atoms with Gasteiger partial charge in [-0.25, -0.2) is 0 Å². The third kappa shape index (κ3) is 2.22. The van der Waals surface area contributed by atoms with Gasteiger partial charge < -0.3 is 15.0 Å². The van der Waals surface area contributed by atoms with Crippen LogP contribution in [0, 0.1) is 5.92 Å². The number of nitrogens with one attached hydrogen (secondary N) is 2. The van der Waals surface area contributed by atoms with E-state index >= 15 is 0 Å². The summed E-state index contributed by atoms with van der Waals surface area (Å²) in [5, 5.41) is 10.8. The van der Waals surface area contributed by atoms with E-state index in [0.29, 0.717) is 12.0 Å². The second-order valence-electron chi connectivity index (χ2n) is 5.38. The van der Waals surface area contributed by atoms with Gasteiger partial charge in [0.15, 0.2) is 5.82 Å². The van der Waals surface area contributed by atoms with Crippen molar-refractivity contribution in [3.63, 3.8) is 0 Å². The van der Waals surface area contributed by atoms with Gasteiger partial charge in [-0.2, -0.15) is 4.98 Å². The van der Waals surface area contributed by atoms with E-state index in [4.69, 9.17) is 4.74 Å². The highest BCUT2D eigenvalue weighted by Gasteiger charge is 2.29. The first-order valence-electron chi connectivity index (χ1n) is 6.76. The smallest absolute Gasteiger partial charge is 0.244 e. The van der Waals surface area contributed by atoms with Gasteiger partial charge in [0.25, 0.3) is 0 Å². The van der Waals surface area contributed by atoms with E-state index in [9.17, 15) is 0 Å². The van der Waals surface area contributed by atoms with Crippen molar-refractivity contribution in [2.75, 3.05) is 31.1 Å². The summed E-state index contributed by atoms with van der Waals surface area (Å²) in [6.45, 7) is 8.11. The van der Waals surface area contributed by atoms with Crippen LogP contribution < -0.4 is 10.2 Å². The third-order valence-corrected chi connectivity index (χ3v) is 3.80. The van der Waals surface area contributed by atoms with Gasteiger partial charge >= 0.3 is 0 Å². The van der Waals surface area contributed by atoms with Gasteiger partial charge in [0.2, 0.25) is 5.95 Å². The minimum Gasteiger partial charge on any atom is -0.370 e. The number of aromatic amines is 1. The lowest BCUT2D eigenvalue weighted by Gasteiger charge is -2.30. The number of piperazine rings is 1. The molecule has 2 aliphatic rings. The van der Waals surface area contributed by atoms with Crippen molar-refractivity contribution in [2.24, 2.45) is 5.92 Å². The molecule has 18 heavy (non-hydrogen) atoms. The molecule has 3 rings (SSSR count). The normalized spacial score (nSPS) is 33.0. The Morgan fingerprint density at radius 3 is 3.00 bits per heavy atom. The zero-order valence-corrected chi connectivity index (χ0v) is 11.0. The lowest BCUT2D eigenvalue weighted by Crippen LogP contribution is -2.49. The van der Waals surface area contributed by atoms with E-state index in [1.54, 1.807) is 0 Å². The number of hydrogen-bond donors (Lipinski definition) is 2. The van der Waals surface area contributed by atoms with Crippen LogP contribution in [0.25, 0.3) is 0 Å². The largest absolute Gasteiger partial charge is 0.370 e. The molecule has 0 bridgehead atoms. The Kier molecular flexibility index (Phi) is 3.22. The maximum Gasteiger partial charge on any atom is 0.244 e. The molecule has 0 spiro atoms. The average Bonchev–Trinajstić information content (AvgIpc) is 2.97. The SMILES string of the molecule is CC1CN(c2n[nH]c(C3OCCC3C)n2)CCN1. The van der Waals surface area contributed by atoms with Crippen molar-refractivity contribution in [1.82, 2.24) is 20.5 Å². The summed E-state index contributed by atoms with van der Waals surface area (Å²) in [5.74, 6) is 2.20.